The molecule has 3 aromatic rings. The van der Waals surface area contributed by atoms with Crippen molar-refractivity contribution in [2.75, 3.05) is 13.1 Å². The number of nitrogens with one attached hydrogen (secondary N) is 1. The van der Waals surface area contributed by atoms with Crippen LogP contribution in [0.15, 0.2) is 29.3 Å². The fourth-order valence-electron chi connectivity index (χ4n) is 4.08. The molecule has 1 aliphatic rings. The van der Waals surface area contributed by atoms with Crippen molar-refractivity contribution in [3.63, 3.8) is 0 Å². The van der Waals surface area contributed by atoms with Crippen molar-refractivity contribution in [3.05, 3.63) is 52.1 Å². The number of unbranched alkanes of at least 4 members (excludes halogenated alkanes) is 1. The van der Waals surface area contributed by atoms with E-state index in [1.54, 1.807) is 6.07 Å². The van der Waals surface area contributed by atoms with Crippen LogP contribution in [0.5, 0.6) is 0 Å². The SMILES string of the molecule is CCCCn1ccnc1[C@H]1CCCN(Cc2cc(=O)n3[nH]c(C)cc3n2)C1. The van der Waals surface area contributed by atoms with Crippen LogP contribution in [-0.4, -0.2) is 42.1 Å². The van der Waals surface area contributed by atoms with E-state index in [1.807, 2.05) is 19.2 Å². The predicted octanol–water partition coefficient (Wildman–Crippen LogP) is 2.71. The van der Waals surface area contributed by atoms with Crippen molar-refractivity contribution in [1.29, 1.82) is 0 Å². The van der Waals surface area contributed by atoms with E-state index in [0.717, 1.165) is 37.4 Å². The topological polar surface area (TPSA) is 71.2 Å². The molecular weight excluding hydrogens is 340 g/mol. The Bertz CT molecular complexity index is 968. The minimum absolute atomic E-state index is 0.0493. The van der Waals surface area contributed by atoms with Crippen LogP contribution in [0, 0.1) is 6.92 Å². The van der Waals surface area contributed by atoms with Gasteiger partial charge in [0, 0.05) is 55.8 Å². The van der Waals surface area contributed by atoms with Gasteiger partial charge in [-0.1, -0.05) is 13.3 Å². The molecule has 0 radical (unpaired) electrons. The zero-order valence-corrected chi connectivity index (χ0v) is 16.2. The summed E-state index contributed by atoms with van der Waals surface area (Å²) in [5.74, 6) is 1.66. The smallest absolute Gasteiger partial charge is 0.272 e. The molecular formula is C20H28N6O. The number of imidazole rings is 1. The average molecular weight is 368 g/mol. The number of hydrogen-bond acceptors (Lipinski definition) is 4. The minimum atomic E-state index is -0.0493. The summed E-state index contributed by atoms with van der Waals surface area (Å²) in [4.78, 5) is 24.0. The fraction of sp³-hybridized carbons (Fsp3) is 0.550. The van der Waals surface area contributed by atoms with E-state index in [2.05, 4.69) is 37.7 Å². The van der Waals surface area contributed by atoms with Crippen LogP contribution in [0.25, 0.3) is 5.65 Å². The second kappa shape index (κ2) is 7.68. The molecule has 1 saturated heterocycles. The van der Waals surface area contributed by atoms with Crippen molar-refractivity contribution >= 4 is 5.65 Å². The molecule has 0 aliphatic carbocycles. The number of aryl methyl sites for hydroxylation is 2. The van der Waals surface area contributed by atoms with Crippen LogP contribution in [0.1, 0.15) is 55.7 Å². The monoisotopic (exact) mass is 368 g/mol. The van der Waals surface area contributed by atoms with Crippen LogP contribution in [0.4, 0.5) is 0 Å². The van der Waals surface area contributed by atoms with Gasteiger partial charge < -0.3 is 4.57 Å². The first-order valence-electron chi connectivity index (χ1n) is 9.95. The Kier molecular flexibility index (Phi) is 5.11. The maximum absolute atomic E-state index is 12.3. The van der Waals surface area contributed by atoms with Gasteiger partial charge in [0.15, 0.2) is 5.65 Å². The molecule has 0 aromatic carbocycles. The zero-order chi connectivity index (χ0) is 18.8. The van der Waals surface area contributed by atoms with Crippen molar-refractivity contribution in [1.82, 2.24) is 29.0 Å². The van der Waals surface area contributed by atoms with E-state index in [0.29, 0.717) is 18.1 Å². The van der Waals surface area contributed by atoms with Crippen molar-refractivity contribution in [2.24, 2.45) is 0 Å². The maximum atomic E-state index is 12.3. The molecule has 0 bridgehead atoms. The first-order chi connectivity index (χ1) is 13.1. The summed E-state index contributed by atoms with van der Waals surface area (Å²) in [5, 5.41) is 3.02. The molecule has 1 aliphatic heterocycles. The lowest BCUT2D eigenvalue weighted by Gasteiger charge is -2.32. The molecule has 0 amide bonds. The van der Waals surface area contributed by atoms with Crippen LogP contribution < -0.4 is 5.56 Å². The standard InChI is InChI=1S/C20H28N6O/c1-3-4-9-25-10-7-21-20(25)16-6-5-8-24(13-16)14-17-12-19(27)26-18(22-17)11-15(2)23-26/h7,10-12,16,23H,3-6,8-9,13-14H2,1-2H3/t16-/m0/s1. The van der Waals surface area contributed by atoms with Crippen LogP contribution in [0.3, 0.4) is 0 Å². The lowest BCUT2D eigenvalue weighted by Crippen LogP contribution is -2.35. The van der Waals surface area contributed by atoms with E-state index < -0.39 is 0 Å². The highest BCUT2D eigenvalue weighted by molar-refractivity contribution is 5.39. The molecule has 1 N–H and O–H groups in total. The van der Waals surface area contributed by atoms with Gasteiger partial charge in [0.1, 0.15) is 5.82 Å². The first-order valence-corrected chi connectivity index (χ1v) is 9.95. The van der Waals surface area contributed by atoms with Gasteiger partial charge >= 0.3 is 0 Å². The molecule has 0 spiro atoms. The molecule has 27 heavy (non-hydrogen) atoms. The first kappa shape index (κ1) is 18.0. The van der Waals surface area contributed by atoms with Crippen LogP contribution in [0.2, 0.25) is 0 Å². The van der Waals surface area contributed by atoms with Crippen molar-refractivity contribution < 1.29 is 0 Å². The Hall–Kier alpha value is -2.41. The van der Waals surface area contributed by atoms with Crippen LogP contribution >= 0.6 is 0 Å². The zero-order valence-electron chi connectivity index (χ0n) is 16.2. The summed E-state index contributed by atoms with van der Waals surface area (Å²) < 4.78 is 3.82. The number of H-pyrrole nitrogens is 1. The number of aromatic amines is 1. The third kappa shape index (κ3) is 3.83. The highest BCUT2D eigenvalue weighted by atomic mass is 16.1. The predicted molar refractivity (Wildman–Crippen MR) is 105 cm³/mol. The van der Waals surface area contributed by atoms with Gasteiger partial charge in [-0.15, -0.1) is 0 Å². The Labute approximate surface area is 159 Å². The van der Waals surface area contributed by atoms with Gasteiger partial charge in [-0.3, -0.25) is 14.8 Å². The molecule has 144 valence electrons. The Morgan fingerprint density at radius 2 is 2.22 bits per heavy atom. The molecule has 7 heteroatoms. The summed E-state index contributed by atoms with van der Waals surface area (Å²) in [6.07, 6.45) is 8.73. The normalized spacial score (nSPS) is 18.4. The molecule has 3 aromatic heterocycles. The number of piperidine rings is 1. The third-order valence-electron chi connectivity index (χ3n) is 5.39. The molecule has 4 heterocycles. The summed E-state index contributed by atoms with van der Waals surface area (Å²) in [6, 6.07) is 3.56. The van der Waals surface area contributed by atoms with E-state index in [1.165, 1.54) is 29.6 Å². The fourth-order valence-corrected chi connectivity index (χ4v) is 4.08. The number of likely N-dealkylation sites (tertiary alicyclic amines) is 1. The van der Waals surface area contributed by atoms with E-state index in [9.17, 15) is 4.79 Å². The lowest BCUT2D eigenvalue weighted by atomic mass is 9.97. The maximum Gasteiger partial charge on any atom is 0.272 e. The third-order valence-corrected chi connectivity index (χ3v) is 5.39. The van der Waals surface area contributed by atoms with Gasteiger partial charge in [-0.05, 0) is 32.7 Å². The summed E-state index contributed by atoms with van der Waals surface area (Å²) in [6.45, 7) is 7.92. The Morgan fingerprint density at radius 3 is 3.07 bits per heavy atom. The minimum Gasteiger partial charge on any atom is -0.335 e. The molecule has 1 atom stereocenters. The van der Waals surface area contributed by atoms with E-state index >= 15 is 0 Å². The molecule has 1 fully saturated rings. The van der Waals surface area contributed by atoms with E-state index in [4.69, 9.17) is 0 Å². The second-order valence-electron chi connectivity index (χ2n) is 7.63. The highest BCUT2D eigenvalue weighted by Gasteiger charge is 2.25. The second-order valence-corrected chi connectivity index (χ2v) is 7.63. The summed E-state index contributed by atoms with van der Waals surface area (Å²) in [7, 11) is 0. The van der Waals surface area contributed by atoms with E-state index in [-0.39, 0.29) is 5.56 Å². The average Bonchev–Trinajstić information content (AvgIpc) is 3.26. The molecule has 4 rings (SSSR count). The number of fused-ring (bicyclic) bond motifs is 1. The Morgan fingerprint density at radius 1 is 1.33 bits per heavy atom. The van der Waals surface area contributed by atoms with Gasteiger partial charge in [0.05, 0.1) is 5.69 Å². The number of nitrogens with zero attached hydrogens (tertiary/aromatic N) is 5. The van der Waals surface area contributed by atoms with Gasteiger partial charge in [-0.25, -0.2) is 14.5 Å². The van der Waals surface area contributed by atoms with Crippen LogP contribution in [-0.2, 0) is 13.1 Å². The largest absolute Gasteiger partial charge is 0.335 e. The summed E-state index contributed by atoms with van der Waals surface area (Å²) in [5.41, 5.74) is 2.42. The van der Waals surface area contributed by atoms with Gasteiger partial charge in [0.2, 0.25) is 0 Å². The number of rotatable bonds is 6. The lowest BCUT2D eigenvalue weighted by molar-refractivity contribution is 0.192. The number of hydrogen-bond donors (Lipinski definition) is 1. The number of aromatic nitrogens is 5. The van der Waals surface area contributed by atoms with Gasteiger partial charge in [0.25, 0.3) is 5.56 Å². The highest BCUT2D eigenvalue weighted by Crippen LogP contribution is 2.26. The summed E-state index contributed by atoms with van der Waals surface area (Å²) >= 11 is 0. The molecule has 0 unspecified atom stereocenters. The van der Waals surface area contributed by atoms with Crippen molar-refractivity contribution in [2.45, 2.75) is 58.5 Å². The molecule has 7 nitrogen and oxygen atoms in total. The Balaban J connectivity index is 1.49. The molecule has 0 saturated carbocycles. The quantitative estimate of drug-likeness (QED) is 0.726. The van der Waals surface area contributed by atoms with Gasteiger partial charge in [-0.2, -0.15) is 0 Å². The van der Waals surface area contributed by atoms with Crippen molar-refractivity contribution in [3.8, 4) is 0 Å².